The second-order valence-electron chi connectivity index (χ2n) is 11.5. The molecule has 4 heteroatoms. The van der Waals surface area contributed by atoms with E-state index in [4.69, 9.17) is 5.73 Å². The van der Waals surface area contributed by atoms with Crippen molar-refractivity contribution in [2.24, 2.45) is 13.0 Å². The van der Waals surface area contributed by atoms with E-state index in [2.05, 4.69) is 78.0 Å². The highest BCUT2D eigenvalue weighted by molar-refractivity contribution is 6.01. The van der Waals surface area contributed by atoms with Crippen molar-refractivity contribution in [1.29, 1.82) is 0 Å². The first-order valence-electron chi connectivity index (χ1n) is 15.1. The van der Waals surface area contributed by atoms with Crippen molar-refractivity contribution >= 4 is 27.9 Å². The van der Waals surface area contributed by atoms with E-state index < -0.39 is 0 Å². The molecule has 3 aromatic carbocycles. The van der Waals surface area contributed by atoms with Crippen LogP contribution in [0.1, 0.15) is 93.0 Å². The molecule has 0 unspecified atom stereocenters. The van der Waals surface area contributed by atoms with Crippen molar-refractivity contribution in [2.75, 3.05) is 12.4 Å². The number of benzene rings is 3. The molecule has 1 heterocycles. The Morgan fingerprint density at radius 1 is 0.925 bits per heavy atom. The summed E-state index contributed by atoms with van der Waals surface area (Å²) in [4.78, 5) is 4.59. The first-order chi connectivity index (χ1) is 19.4. The van der Waals surface area contributed by atoms with Crippen LogP contribution in [0.5, 0.6) is 0 Å². The van der Waals surface area contributed by atoms with Crippen LogP contribution in [0.15, 0.2) is 67.0 Å². The molecule has 1 aromatic heterocycles. The number of nitrogens with two attached hydrogens (primary N) is 1. The maximum Gasteiger partial charge on any atom is 0.0955 e. The Bertz CT molecular complexity index is 1410. The molecule has 2 aliphatic rings. The lowest BCUT2D eigenvalue weighted by molar-refractivity contribution is 0.469. The predicted molar refractivity (Wildman–Crippen MR) is 170 cm³/mol. The van der Waals surface area contributed by atoms with E-state index in [0.717, 1.165) is 54.7 Å². The Kier molecular flexibility index (Phi) is 10.6. The minimum atomic E-state index is -0.156. The quantitative estimate of drug-likeness (QED) is 0.262. The summed E-state index contributed by atoms with van der Waals surface area (Å²) in [5.41, 5.74) is 18.3. The van der Waals surface area contributed by atoms with Crippen LogP contribution in [0.25, 0.3) is 22.2 Å². The van der Waals surface area contributed by atoms with Gasteiger partial charge in [0.05, 0.1) is 24.0 Å². The summed E-state index contributed by atoms with van der Waals surface area (Å²) in [5.74, 6) is 1.05. The topological polar surface area (TPSA) is 43.8 Å². The van der Waals surface area contributed by atoms with Gasteiger partial charge in [-0.1, -0.05) is 87.9 Å². The SMILES string of the molecule is CC1CCCC1.CCCCF.Cc1ccc(C2=C(c3ccc4c(c3)ncn4C)CCCc3cc(N)ccc32)cc1. The van der Waals surface area contributed by atoms with Gasteiger partial charge >= 0.3 is 0 Å². The van der Waals surface area contributed by atoms with Gasteiger partial charge < -0.3 is 10.3 Å². The lowest BCUT2D eigenvalue weighted by atomic mass is 9.87. The molecular weight excluding hydrogens is 493 g/mol. The normalized spacial score (nSPS) is 15.1. The maximum absolute atomic E-state index is 11.0. The summed E-state index contributed by atoms with van der Waals surface area (Å²) in [6.45, 7) is 6.29. The maximum atomic E-state index is 11.0. The van der Waals surface area contributed by atoms with Crippen LogP contribution in [-0.2, 0) is 13.5 Å². The van der Waals surface area contributed by atoms with E-state index in [1.165, 1.54) is 64.6 Å². The van der Waals surface area contributed by atoms with E-state index >= 15 is 0 Å². The van der Waals surface area contributed by atoms with Crippen LogP contribution in [-0.4, -0.2) is 16.2 Å². The zero-order valence-corrected chi connectivity index (χ0v) is 24.8. The zero-order chi connectivity index (χ0) is 28.5. The largest absolute Gasteiger partial charge is 0.399 e. The average Bonchev–Trinajstić information content (AvgIpc) is 3.54. The zero-order valence-electron chi connectivity index (χ0n) is 24.8. The first kappa shape index (κ1) is 29.6. The molecule has 0 saturated heterocycles. The summed E-state index contributed by atoms with van der Waals surface area (Å²) < 4.78 is 13.1. The third-order valence-electron chi connectivity index (χ3n) is 8.12. The third-order valence-corrected chi connectivity index (χ3v) is 8.12. The monoisotopic (exact) mass is 539 g/mol. The minimum absolute atomic E-state index is 0.156. The number of nitrogens with zero attached hydrogens (tertiary/aromatic N) is 2. The molecule has 212 valence electrons. The molecule has 4 aromatic rings. The van der Waals surface area contributed by atoms with Crippen LogP contribution < -0.4 is 5.73 Å². The fraction of sp³-hybridized carbons (Fsp3) is 0.417. The highest BCUT2D eigenvalue weighted by Crippen LogP contribution is 2.40. The minimum Gasteiger partial charge on any atom is -0.399 e. The number of nitrogen functional groups attached to an aromatic ring is 1. The van der Waals surface area contributed by atoms with E-state index in [1.807, 2.05) is 26.4 Å². The number of hydrogen-bond donors (Lipinski definition) is 1. The Morgan fingerprint density at radius 3 is 2.27 bits per heavy atom. The average molecular weight is 540 g/mol. The number of aromatic nitrogens is 2. The van der Waals surface area contributed by atoms with E-state index in [0.29, 0.717) is 0 Å². The molecule has 6 rings (SSSR count). The Morgan fingerprint density at radius 2 is 1.65 bits per heavy atom. The lowest BCUT2D eigenvalue weighted by Crippen LogP contribution is -1.98. The molecule has 0 spiro atoms. The standard InChI is InChI=1S/C26H25N3.C6H12.C4H9F/c1-17-6-8-18(9-7-17)26-22(5-3-4-19-14-21(27)11-12-23(19)26)20-10-13-25-24(15-20)28-16-29(25)2;1-6-4-2-3-5-6;1-2-3-4-5/h6-16H,3-5,27H2,1-2H3;6H,2-5H2,1H3;2-4H2,1H3. The van der Waals surface area contributed by atoms with Gasteiger partial charge in [-0.05, 0) is 96.2 Å². The molecule has 2 aliphatic carbocycles. The number of alkyl halides is 1. The summed E-state index contributed by atoms with van der Waals surface area (Å²) in [7, 11) is 2.04. The van der Waals surface area contributed by atoms with Gasteiger partial charge in [0.2, 0.25) is 0 Å². The number of fused-ring (bicyclic) bond motifs is 2. The Labute approximate surface area is 240 Å². The van der Waals surface area contributed by atoms with Crippen molar-refractivity contribution in [2.45, 2.75) is 78.6 Å². The van der Waals surface area contributed by atoms with Gasteiger partial charge in [0.1, 0.15) is 0 Å². The number of unbranched alkanes of at least 4 members (excludes halogenated alkanes) is 1. The second kappa shape index (κ2) is 14.3. The Balaban J connectivity index is 0.000000283. The molecule has 0 aliphatic heterocycles. The van der Waals surface area contributed by atoms with Crippen LogP contribution in [0.4, 0.5) is 10.1 Å². The van der Waals surface area contributed by atoms with E-state index in [1.54, 1.807) is 0 Å². The smallest absolute Gasteiger partial charge is 0.0955 e. The highest BCUT2D eigenvalue weighted by Gasteiger charge is 2.21. The van der Waals surface area contributed by atoms with Crippen LogP contribution >= 0.6 is 0 Å². The summed E-state index contributed by atoms with van der Waals surface area (Å²) in [6.07, 6.45) is 12.7. The molecule has 40 heavy (non-hydrogen) atoms. The molecule has 0 radical (unpaired) electrons. The molecule has 1 fully saturated rings. The van der Waals surface area contributed by atoms with Crippen molar-refractivity contribution in [3.8, 4) is 0 Å². The number of hydrogen-bond acceptors (Lipinski definition) is 2. The van der Waals surface area contributed by atoms with Gasteiger partial charge in [0.15, 0.2) is 0 Å². The third kappa shape index (κ3) is 7.41. The Hall–Kier alpha value is -3.40. The predicted octanol–water partition coefficient (Wildman–Crippen LogP) is 9.71. The highest BCUT2D eigenvalue weighted by atomic mass is 19.1. The van der Waals surface area contributed by atoms with Crippen molar-refractivity contribution in [3.05, 3.63) is 94.8 Å². The van der Waals surface area contributed by atoms with Gasteiger partial charge in [0.25, 0.3) is 0 Å². The van der Waals surface area contributed by atoms with E-state index in [9.17, 15) is 4.39 Å². The molecular formula is C36H46FN3. The van der Waals surface area contributed by atoms with Crippen molar-refractivity contribution < 1.29 is 4.39 Å². The van der Waals surface area contributed by atoms with Crippen molar-refractivity contribution in [3.63, 3.8) is 0 Å². The number of aryl methyl sites for hydroxylation is 3. The summed E-state index contributed by atoms with van der Waals surface area (Å²) in [5, 5.41) is 0. The number of anilines is 1. The van der Waals surface area contributed by atoms with Crippen molar-refractivity contribution in [1.82, 2.24) is 9.55 Å². The van der Waals surface area contributed by atoms with E-state index in [-0.39, 0.29) is 6.67 Å². The van der Waals surface area contributed by atoms with Gasteiger partial charge in [-0.25, -0.2) is 4.98 Å². The number of allylic oxidation sites excluding steroid dienone is 1. The fourth-order valence-corrected chi connectivity index (χ4v) is 5.73. The lowest BCUT2D eigenvalue weighted by Gasteiger charge is -2.17. The molecule has 2 N–H and O–H groups in total. The van der Waals surface area contributed by atoms with Gasteiger partial charge in [-0.15, -0.1) is 0 Å². The number of imidazole rings is 1. The van der Waals surface area contributed by atoms with Crippen LogP contribution in [0.2, 0.25) is 0 Å². The number of rotatable bonds is 4. The molecule has 0 bridgehead atoms. The second-order valence-corrected chi connectivity index (χ2v) is 11.5. The van der Waals surface area contributed by atoms with Gasteiger partial charge in [0, 0.05) is 12.7 Å². The van der Waals surface area contributed by atoms with Crippen LogP contribution in [0, 0.1) is 12.8 Å². The fourth-order valence-electron chi connectivity index (χ4n) is 5.73. The number of halogens is 1. The van der Waals surface area contributed by atoms with Crippen LogP contribution in [0.3, 0.4) is 0 Å². The molecule has 3 nitrogen and oxygen atoms in total. The summed E-state index contributed by atoms with van der Waals surface area (Å²) in [6, 6.07) is 21.9. The molecule has 0 atom stereocenters. The first-order valence-corrected chi connectivity index (χ1v) is 15.1. The molecule has 0 amide bonds. The van der Waals surface area contributed by atoms with Gasteiger partial charge in [-0.3, -0.25) is 4.39 Å². The van der Waals surface area contributed by atoms with Gasteiger partial charge in [-0.2, -0.15) is 0 Å². The summed E-state index contributed by atoms with van der Waals surface area (Å²) >= 11 is 0. The molecule has 1 saturated carbocycles.